The van der Waals surface area contributed by atoms with Crippen LogP contribution < -0.4 is 5.32 Å². The highest BCUT2D eigenvalue weighted by Gasteiger charge is 2.54. The molecule has 1 aliphatic heterocycles. The van der Waals surface area contributed by atoms with Crippen molar-refractivity contribution in [2.45, 2.75) is 50.1 Å². The third-order valence-electron chi connectivity index (χ3n) is 6.73. The fraction of sp³-hybridized carbons (Fsp3) is 0.440. The Bertz CT molecular complexity index is 955. The van der Waals surface area contributed by atoms with Crippen molar-refractivity contribution in [2.24, 2.45) is 0 Å². The van der Waals surface area contributed by atoms with Crippen LogP contribution in [0.1, 0.15) is 59.5 Å². The molecule has 1 atom stereocenters. The molecule has 0 radical (unpaired) electrons. The lowest BCUT2D eigenvalue weighted by Gasteiger charge is -2.53. The number of amides is 2. The topological polar surface area (TPSA) is 58.6 Å². The monoisotopic (exact) mass is 440 g/mol. The molecule has 1 unspecified atom stereocenters. The molecule has 6 heteroatoms. The van der Waals surface area contributed by atoms with Gasteiger partial charge < -0.3 is 15.0 Å². The van der Waals surface area contributed by atoms with E-state index in [4.69, 9.17) is 16.3 Å². The number of nitrogens with one attached hydrogen (secondary N) is 1. The summed E-state index contributed by atoms with van der Waals surface area (Å²) in [5.74, 6) is -0.463. The summed E-state index contributed by atoms with van der Waals surface area (Å²) in [7, 11) is 1.64. The molecule has 2 aliphatic rings. The van der Waals surface area contributed by atoms with E-state index in [1.165, 1.54) is 0 Å². The lowest BCUT2D eigenvalue weighted by Crippen LogP contribution is -2.63. The van der Waals surface area contributed by atoms with Gasteiger partial charge in [-0.15, -0.1) is 0 Å². The van der Waals surface area contributed by atoms with Gasteiger partial charge in [0.1, 0.15) is 0 Å². The van der Waals surface area contributed by atoms with Gasteiger partial charge in [0.25, 0.3) is 5.91 Å². The van der Waals surface area contributed by atoms with Gasteiger partial charge in [0.15, 0.2) is 0 Å². The highest BCUT2D eigenvalue weighted by atomic mass is 35.5. The van der Waals surface area contributed by atoms with E-state index >= 15 is 0 Å². The lowest BCUT2D eigenvalue weighted by atomic mass is 9.65. The third-order valence-corrected chi connectivity index (χ3v) is 7.10. The Hall–Kier alpha value is -2.37. The van der Waals surface area contributed by atoms with E-state index in [1.807, 2.05) is 53.4 Å². The van der Waals surface area contributed by atoms with E-state index < -0.39 is 11.5 Å². The molecule has 5 nitrogen and oxygen atoms in total. The average Bonchev–Trinajstić information content (AvgIpc) is 2.79. The molecular formula is C25H29ClN2O3. The highest BCUT2D eigenvalue weighted by molar-refractivity contribution is 6.31. The summed E-state index contributed by atoms with van der Waals surface area (Å²) in [4.78, 5) is 29.2. The second-order valence-electron chi connectivity index (χ2n) is 8.44. The van der Waals surface area contributed by atoms with Crippen LogP contribution in [0.2, 0.25) is 5.02 Å². The van der Waals surface area contributed by atoms with Crippen LogP contribution in [0.15, 0.2) is 48.5 Å². The van der Waals surface area contributed by atoms with E-state index in [0.29, 0.717) is 30.3 Å². The number of fused-ring (bicyclic) bond motifs is 1. The van der Waals surface area contributed by atoms with Crippen molar-refractivity contribution in [1.82, 2.24) is 10.2 Å². The Morgan fingerprint density at radius 1 is 1.13 bits per heavy atom. The zero-order valence-electron chi connectivity index (χ0n) is 17.9. The zero-order chi connectivity index (χ0) is 21.8. The molecule has 1 fully saturated rings. The van der Waals surface area contributed by atoms with Crippen LogP contribution in [0.5, 0.6) is 0 Å². The largest absolute Gasteiger partial charge is 0.383 e. The number of hydrogen-bond donors (Lipinski definition) is 1. The summed E-state index contributed by atoms with van der Waals surface area (Å²) in [6.45, 7) is 1.29. The molecule has 0 aromatic heterocycles. The number of carbonyl (C=O) groups is 2. The molecule has 2 amide bonds. The fourth-order valence-electron chi connectivity index (χ4n) is 5.28. The fourth-order valence-corrected chi connectivity index (χ4v) is 5.48. The Morgan fingerprint density at radius 2 is 1.84 bits per heavy atom. The maximum absolute atomic E-state index is 13.7. The van der Waals surface area contributed by atoms with Gasteiger partial charge in [0, 0.05) is 30.8 Å². The number of carbonyl (C=O) groups excluding carboxylic acids is 2. The van der Waals surface area contributed by atoms with Gasteiger partial charge in [-0.05, 0) is 36.1 Å². The van der Waals surface area contributed by atoms with Crippen LogP contribution in [0, 0.1) is 0 Å². The first-order valence-electron chi connectivity index (χ1n) is 11.0. The highest BCUT2D eigenvalue weighted by Crippen LogP contribution is 2.49. The Kier molecular flexibility index (Phi) is 6.63. The SMILES string of the molecule is COCCN1C(=O)c2ccccc2C(C(=O)NCc2ccccc2Cl)C12CCCCC2. The van der Waals surface area contributed by atoms with Crippen molar-refractivity contribution in [3.05, 3.63) is 70.2 Å². The van der Waals surface area contributed by atoms with Gasteiger partial charge in [0.05, 0.1) is 18.1 Å². The zero-order valence-corrected chi connectivity index (χ0v) is 18.7. The number of rotatable bonds is 6. The smallest absolute Gasteiger partial charge is 0.254 e. The summed E-state index contributed by atoms with van der Waals surface area (Å²) in [6.07, 6.45) is 4.78. The summed E-state index contributed by atoms with van der Waals surface area (Å²) >= 11 is 6.30. The van der Waals surface area contributed by atoms with Gasteiger partial charge in [0.2, 0.25) is 5.91 Å². The van der Waals surface area contributed by atoms with Crippen molar-refractivity contribution in [2.75, 3.05) is 20.3 Å². The second kappa shape index (κ2) is 9.41. The first kappa shape index (κ1) is 21.8. The molecular weight excluding hydrogens is 412 g/mol. The maximum Gasteiger partial charge on any atom is 0.254 e. The van der Waals surface area contributed by atoms with Crippen molar-refractivity contribution in [3.63, 3.8) is 0 Å². The quantitative estimate of drug-likeness (QED) is 0.717. The van der Waals surface area contributed by atoms with Gasteiger partial charge in [-0.25, -0.2) is 0 Å². The summed E-state index contributed by atoms with van der Waals surface area (Å²) in [6, 6.07) is 15.1. The van der Waals surface area contributed by atoms with Gasteiger partial charge in [-0.2, -0.15) is 0 Å². The van der Waals surface area contributed by atoms with Gasteiger partial charge in [-0.3, -0.25) is 9.59 Å². The van der Waals surface area contributed by atoms with E-state index in [9.17, 15) is 9.59 Å². The van der Waals surface area contributed by atoms with Crippen LogP contribution >= 0.6 is 11.6 Å². The van der Waals surface area contributed by atoms with Crippen LogP contribution in [0.25, 0.3) is 0 Å². The Labute approximate surface area is 188 Å². The number of benzene rings is 2. The first-order valence-corrected chi connectivity index (χ1v) is 11.4. The van der Waals surface area contributed by atoms with Crippen molar-refractivity contribution < 1.29 is 14.3 Å². The molecule has 1 N–H and O–H groups in total. The summed E-state index contributed by atoms with van der Waals surface area (Å²) in [5.41, 5.74) is 1.81. The van der Waals surface area contributed by atoms with Gasteiger partial charge >= 0.3 is 0 Å². The molecule has 1 spiro atoms. The van der Waals surface area contributed by atoms with E-state index in [2.05, 4.69) is 5.32 Å². The molecule has 2 aromatic carbocycles. The molecule has 1 saturated carbocycles. The van der Waals surface area contributed by atoms with E-state index in [1.54, 1.807) is 7.11 Å². The minimum atomic E-state index is -0.521. The molecule has 0 saturated heterocycles. The Balaban J connectivity index is 1.72. The van der Waals surface area contributed by atoms with E-state index in [-0.39, 0.29) is 11.8 Å². The minimum absolute atomic E-state index is 0.00436. The number of hydrogen-bond acceptors (Lipinski definition) is 3. The van der Waals surface area contributed by atoms with Crippen LogP contribution in [-0.4, -0.2) is 42.5 Å². The molecule has 4 rings (SSSR count). The van der Waals surface area contributed by atoms with Crippen LogP contribution in [-0.2, 0) is 16.1 Å². The first-order chi connectivity index (χ1) is 15.1. The number of methoxy groups -OCH3 is 1. The average molecular weight is 441 g/mol. The standard InChI is InChI=1S/C25H29ClN2O3/c1-31-16-15-28-24(30)20-11-5-4-10-19(20)22(25(28)13-7-2-8-14-25)23(29)27-17-18-9-3-6-12-21(18)26/h3-6,9-12,22H,2,7-8,13-17H2,1H3,(H,27,29). The lowest BCUT2D eigenvalue weighted by molar-refractivity contribution is -0.127. The van der Waals surface area contributed by atoms with Crippen molar-refractivity contribution in [3.8, 4) is 0 Å². The Morgan fingerprint density at radius 3 is 2.58 bits per heavy atom. The van der Waals surface area contributed by atoms with Crippen molar-refractivity contribution >= 4 is 23.4 Å². The van der Waals surface area contributed by atoms with Crippen molar-refractivity contribution in [1.29, 1.82) is 0 Å². The van der Waals surface area contributed by atoms with Crippen LogP contribution in [0.4, 0.5) is 0 Å². The normalized spacial score (nSPS) is 19.9. The van der Waals surface area contributed by atoms with Gasteiger partial charge in [-0.1, -0.05) is 67.3 Å². The molecule has 2 aromatic rings. The third kappa shape index (κ3) is 4.09. The predicted octanol–water partition coefficient (Wildman–Crippen LogP) is 4.55. The molecule has 1 aliphatic carbocycles. The molecule has 164 valence electrons. The summed E-state index contributed by atoms with van der Waals surface area (Å²) in [5, 5.41) is 3.76. The maximum atomic E-state index is 13.7. The molecule has 31 heavy (non-hydrogen) atoms. The minimum Gasteiger partial charge on any atom is -0.383 e. The van der Waals surface area contributed by atoms with Crippen LogP contribution in [0.3, 0.4) is 0 Å². The number of halogens is 1. The predicted molar refractivity (Wildman–Crippen MR) is 121 cm³/mol. The molecule has 1 heterocycles. The van der Waals surface area contributed by atoms with E-state index in [0.717, 1.165) is 43.2 Å². The number of nitrogens with zero attached hydrogens (tertiary/aromatic N) is 1. The summed E-state index contributed by atoms with van der Waals surface area (Å²) < 4.78 is 5.32. The molecule has 0 bridgehead atoms. The number of ether oxygens (including phenoxy) is 1. The second-order valence-corrected chi connectivity index (χ2v) is 8.85.